The molecule has 2 atom stereocenters. The van der Waals surface area contributed by atoms with E-state index in [-0.39, 0.29) is 19.6 Å². The molecule has 2 aromatic rings. The number of hydrogen-bond acceptors (Lipinski definition) is 9. The lowest BCUT2D eigenvalue weighted by Crippen LogP contribution is -2.55. The number of primary amides is 1. The fraction of sp³-hybridized carbons (Fsp3) is 0.424. The highest BCUT2D eigenvalue weighted by atomic mass is 16.5. The second-order valence-electron chi connectivity index (χ2n) is 11.3. The molecule has 0 fully saturated rings. The minimum absolute atomic E-state index is 0.0697. The summed E-state index contributed by atoms with van der Waals surface area (Å²) < 4.78 is 5.10. The molecule has 7 amide bonds. The summed E-state index contributed by atoms with van der Waals surface area (Å²) in [4.78, 5) is 87.6. The van der Waals surface area contributed by atoms with Crippen LogP contribution in [-0.4, -0.2) is 118 Å². The summed E-state index contributed by atoms with van der Waals surface area (Å²) in [5.41, 5.74) is 7.72. The Morgan fingerprint density at radius 2 is 1.29 bits per heavy atom. The first-order valence-corrected chi connectivity index (χ1v) is 15.6. The molecule has 0 saturated carbocycles. The van der Waals surface area contributed by atoms with Gasteiger partial charge in [0.2, 0.25) is 41.4 Å². The number of carbonyl (C=O) groups is 7. The third kappa shape index (κ3) is 14.5. The predicted octanol–water partition coefficient (Wildman–Crippen LogP) is -2.20. The number of likely N-dealkylation sites (N-methyl/N-ethyl adjacent to an activating group) is 1. The van der Waals surface area contributed by atoms with Gasteiger partial charge in [0, 0.05) is 19.6 Å². The monoisotopic (exact) mass is 682 g/mol. The lowest BCUT2D eigenvalue weighted by molar-refractivity contribution is -0.138. The smallest absolute Gasteiger partial charge is 0.243 e. The van der Waals surface area contributed by atoms with Crippen molar-refractivity contribution in [1.29, 1.82) is 0 Å². The lowest BCUT2D eigenvalue weighted by atomic mass is 10.00. The fourth-order valence-electron chi connectivity index (χ4n) is 4.46. The van der Waals surface area contributed by atoms with Crippen molar-refractivity contribution in [1.82, 2.24) is 36.8 Å². The Balaban J connectivity index is 2.01. The van der Waals surface area contributed by atoms with Gasteiger partial charge in [-0.1, -0.05) is 54.6 Å². The van der Waals surface area contributed by atoms with Crippen LogP contribution in [0.15, 0.2) is 54.6 Å². The van der Waals surface area contributed by atoms with E-state index in [1.54, 1.807) is 20.9 Å². The summed E-state index contributed by atoms with van der Waals surface area (Å²) in [6.45, 7) is 1.28. The first-order chi connectivity index (χ1) is 23.3. The van der Waals surface area contributed by atoms with Crippen LogP contribution in [0.2, 0.25) is 0 Å². The van der Waals surface area contributed by atoms with Crippen molar-refractivity contribution in [3.63, 3.8) is 0 Å². The SMILES string of the molecule is CNC(COC)C(=O)N[C@@H](Cc1ccc(-c2ccccc2)cc1)C(=O)NCC(=O)N(CC(=O)NCC(=O)NCC(=O)NCC(N)=O)C(C)C. The molecule has 0 bridgehead atoms. The first kappa shape index (κ1) is 39.8. The van der Waals surface area contributed by atoms with Gasteiger partial charge in [-0.3, -0.25) is 33.6 Å². The number of nitrogens with zero attached hydrogens (tertiary/aromatic N) is 1. The Labute approximate surface area is 285 Å². The van der Waals surface area contributed by atoms with E-state index in [9.17, 15) is 33.6 Å². The van der Waals surface area contributed by atoms with Gasteiger partial charge in [-0.25, -0.2) is 0 Å². The molecule has 0 aliphatic heterocycles. The first-order valence-electron chi connectivity index (χ1n) is 15.6. The van der Waals surface area contributed by atoms with Gasteiger partial charge in [-0.2, -0.15) is 0 Å². The van der Waals surface area contributed by atoms with Crippen molar-refractivity contribution in [2.45, 2.75) is 38.4 Å². The van der Waals surface area contributed by atoms with E-state index in [0.717, 1.165) is 16.7 Å². The molecule has 2 aromatic carbocycles. The molecule has 0 aliphatic carbocycles. The number of hydrogen-bond donors (Lipinski definition) is 7. The van der Waals surface area contributed by atoms with Gasteiger partial charge in [-0.05, 0) is 37.6 Å². The van der Waals surface area contributed by atoms with Crippen molar-refractivity contribution >= 4 is 41.4 Å². The zero-order valence-corrected chi connectivity index (χ0v) is 28.2. The molecule has 0 radical (unpaired) electrons. The molecule has 0 spiro atoms. The van der Waals surface area contributed by atoms with Crippen molar-refractivity contribution < 1.29 is 38.3 Å². The minimum atomic E-state index is -1.04. The maximum absolute atomic E-state index is 13.4. The number of carbonyl (C=O) groups excluding carboxylic acids is 7. The number of benzene rings is 2. The standard InChI is InChI=1S/C33H46N8O8/c1-21(2)41(19-30(45)38-17-29(44)37-16-28(43)36-15-27(34)42)31(46)18-39-32(47)25(40-33(48)26(35-3)20-49-4)14-22-10-12-24(13-11-22)23-8-6-5-7-9-23/h5-13,21,25-26,35H,14-20H2,1-4H3,(H2,34,42)(H,36,43)(H,37,44)(H,38,45)(H,39,47)(H,40,48)/t25-,26?/m0/s1. The molecular weight excluding hydrogens is 636 g/mol. The molecule has 16 heteroatoms. The van der Waals surface area contributed by atoms with Gasteiger partial charge in [0.25, 0.3) is 0 Å². The number of nitrogens with two attached hydrogens (primary N) is 1. The zero-order chi connectivity index (χ0) is 36.3. The predicted molar refractivity (Wildman–Crippen MR) is 180 cm³/mol. The highest BCUT2D eigenvalue weighted by Gasteiger charge is 2.27. The Morgan fingerprint density at radius 1 is 0.714 bits per heavy atom. The third-order valence-corrected chi connectivity index (χ3v) is 7.16. The van der Waals surface area contributed by atoms with Crippen LogP contribution in [0.3, 0.4) is 0 Å². The van der Waals surface area contributed by atoms with Crippen molar-refractivity contribution in [2.75, 3.05) is 53.5 Å². The highest BCUT2D eigenvalue weighted by Crippen LogP contribution is 2.20. The molecule has 0 saturated heterocycles. The fourth-order valence-corrected chi connectivity index (χ4v) is 4.46. The summed E-state index contributed by atoms with van der Waals surface area (Å²) in [5, 5.41) is 15.0. The van der Waals surface area contributed by atoms with E-state index in [0.29, 0.717) is 0 Å². The summed E-state index contributed by atoms with van der Waals surface area (Å²) in [7, 11) is 3.05. The van der Waals surface area contributed by atoms with Crippen molar-refractivity contribution in [2.24, 2.45) is 5.73 Å². The molecule has 1 unspecified atom stereocenters. The molecule has 0 aromatic heterocycles. The number of ether oxygens (including phenoxy) is 1. The van der Waals surface area contributed by atoms with Gasteiger partial charge in [0.05, 0.1) is 39.3 Å². The van der Waals surface area contributed by atoms with Gasteiger partial charge in [-0.15, -0.1) is 0 Å². The summed E-state index contributed by atoms with van der Waals surface area (Å²) in [6.07, 6.45) is 0.134. The Hall–Kier alpha value is -5.35. The second-order valence-corrected chi connectivity index (χ2v) is 11.3. The van der Waals surface area contributed by atoms with Crippen LogP contribution in [0.4, 0.5) is 0 Å². The lowest BCUT2D eigenvalue weighted by Gasteiger charge is -2.27. The van der Waals surface area contributed by atoms with E-state index >= 15 is 0 Å². The average molecular weight is 683 g/mol. The van der Waals surface area contributed by atoms with E-state index in [4.69, 9.17) is 10.5 Å². The third-order valence-electron chi connectivity index (χ3n) is 7.16. The normalized spacial score (nSPS) is 11.9. The van der Waals surface area contributed by atoms with Crippen LogP contribution in [0.5, 0.6) is 0 Å². The maximum atomic E-state index is 13.4. The summed E-state index contributed by atoms with van der Waals surface area (Å²) in [6, 6.07) is 15.1. The average Bonchev–Trinajstić information content (AvgIpc) is 3.09. The van der Waals surface area contributed by atoms with E-state index in [2.05, 4.69) is 31.9 Å². The van der Waals surface area contributed by atoms with E-state index < -0.39 is 85.7 Å². The van der Waals surface area contributed by atoms with Crippen molar-refractivity contribution in [3.05, 3.63) is 60.2 Å². The maximum Gasteiger partial charge on any atom is 0.243 e. The molecule has 49 heavy (non-hydrogen) atoms. The largest absolute Gasteiger partial charge is 0.383 e. The van der Waals surface area contributed by atoms with E-state index in [1.165, 1.54) is 12.0 Å². The minimum Gasteiger partial charge on any atom is -0.383 e. The van der Waals surface area contributed by atoms with Gasteiger partial charge in [0.1, 0.15) is 12.1 Å². The van der Waals surface area contributed by atoms with Crippen LogP contribution in [0.25, 0.3) is 11.1 Å². The van der Waals surface area contributed by atoms with Crippen molar-refractivity contribution in [3.8, 4) is 11.1 Å². The number of methoxy groups -OCH3 is 1. The topological polar surface area (TPSA) is 230 Å². The molecular formula is C33H46N8O8. The quantitative estimate of drug-likeness (QED) is 0.0803. The summed E-state index contributed by atoms with van der Waals surface area (Å²) in [5.74, 6) is -4.35. The Bertz CT molecular complexity index is 1440. The molecule has 2 rings (SSSR count). The Kier molecular flexibility index (Phi) is 16.9. The van der Waals surface area contributed by atoms with Gasteiger partial charge < -0.3 is 47.3 Å². The van der Waals surface area contributed by atoms with E-state index in [1.807, 2.05) is 54.6 Å². The second kappa shape index (κ2) is 20.8. The molecule has 16 nitrogen and oxygen atoms in total. The van der Waals surface area contributed by atoms with Crippen LogP contribution in [0.1, 0.15) is 19.4 Å². The van der Waals surface area contributed by atoms with Crippen LogP contribution in [0, 0.1) is 0 Å². The number of nitrogens with one attached hydrogen (secondary N) is 6. The van der Waals surface area contributed by atoms with Gasteiger partial charge >= 0.3 is 0 Å². The van der Waals surface area contributed by atoms with Crippen LogP contribution in [-0.2, 0) is 44.7 Å². The number of amides is 7. The molecule has 8 N–H and O–H groups in total. The van der Waals surface area contributed by atoms with Gasteiger partial charge in [0.15, 0.2) is 0 Å². The zero-order valence-electron chi connectivity index (χ0n) is 28.2. The van der Waals surface area contributed by atoms with Crippen LogP contribution >= 0.6 is 0 Å². The van der Waals surface area contributed by atoms with Crippen LogP contribution < -0.4 is 37.6 Å². The summed E-state index contributed by atoms with van der Waals surface area (Å²) >= 11 is 0. The number of rotatable bonds is 20. The molecule has 266 valence electrons. The Morgan fingerprint density at radius 3 is 1.84 bits per heavy atom. The highest BCUT2D eigenvalue weighted by molar-refractivity contribution is 5.94. The molecule has 0 aliphatic rings. The molecule has 0 heterocycles.